The molecule has 0 saturated carbocycles. The number of halogens is 1. The summed E-state index contributed by atoms with van der Waals surface area (Å²) in [5, 5.41) is 0. The van der Waals surface area contributed by atoms with Gasteiger partial charge in [-0.3, -0.25) is 4.79 Å². The van der Waals surface area contributed by atoms with Crippen LogP contribution in [0.3, 0.4) is 0 Å². The van der Waals surface area contributed by atoms with Crippen LogP contribution < -0.4 is 0 Å². The van der Waals surface area contributed by atoms with Crippen molar-refractivity contribution < 1.29 is 4.79 Å². The normalized spacial score (nSPS) is 10.5. The van der Waals surface area contributed by atoms with Crippen LogP contribution in [0.2, 0.25) is 0 Å². The van der Waals surface area contributed by atoms with E-state index in [2.05, 4.69) is 20.9 Å². The lowest BCUT2D eigenvalue weighted by molar-refractivity contribution is 0.0970. The van der Waals surface area contributed by atoms with Crippen LogP contribution in [0.25, 0.3) is 0 Å². The van der Waals surface area contributed by atoms with Crippen LogP contribution >= 0.6 is 15.9 Å². The highest BCUT2D eigenvalue weighted by molar-refractivity contribution is 9.10. The summed E-state index contributed by atoms with van der Waals surface area (Å²) in [6.45, 7) is 4.24. The first-order valence-corrected chi connectivity index (χ1v) is 6.15. The number of ketones is 1. The topological polar surface area (TPSA) is 34.9 Å². The Morgan fingerprint density at radius 2 is 2.06 bits per heavy atom. The van der Waals surface area contributed by atoms with Gasteiger partial charge >= 0.3 is 0 Å². The quantitative estimate of drug-likeness (QED) is 0.815. The highest BCUT2D eigenvalue weighted by atomic mass is 79.9. The Hall–Kier alpha value is -1.42. The molecule has 0 fully saturated rings. The van der Waals surface area contributed by atoms with Gasteiger partial charge in [-0.25, -0.2) is 4.98 Å². The van der Waals surface area contributed by atoms with Gasteiger partial charge in [0.25, 0.3) is 0 Å². The van der Waals surface area contributed by atoms with Gasteiger partial charge in [0.15, 0.2) is 5.78 Å². The summed E-state index contributed by atoms with van der Waals surface area (Å²) in [4.78, 5) is 16.3. The summed E-state index contributed by atoms with van der Waals surface area (Å²) in [5.41, 5.74) is 2.70. The first-order valence-electron chi connectivity index (χ1n) is 5.35. The van der Waals surface area contributed by atoms with Crippen molar-refractivity contribution in [2.75, 3.05) is 0 Å². The minimum atomic E-state index is 0.0815. The number of hydrogen-bond acceptors (Lipinski definition) is 2. The van der Waals surface area contributed by atoms with Crippen molar-refractivity contribution >= 4 is 21.7 Å². The first kappa shape index (κ1) is 12.0. The molecule has 0 saturated heterocycles. The number of carbonyl (C=O) groups is 1. The van der Waals surface area contributed by atoms with Gasteiger partial charge in [-0.1, -0.05) is 34.1 Å². The maximum Gasteiger partial charge on any atom is 0.183 e. The maximum absolute atomic E-state index is 12.1. The number of hydrogen-bond donors (Lipinski definition) is 0. The van der Waals surface area contributed by atoms with E-state index >= 15 is 0 Å². The lowest BCUT2D eigenvalue weighted by atomic mass is 10.1. The second-order valence-corrected chi connectivity index (χ2v) is 4.80. The van der Waals surface area contributed by atoms with E-state index < -0.39 is 0 Å². The largest absolute Gasteiger partial charge is 0.327 e. The number of aryl methyl sites for hydroxylation is 1. The highest BCUT2D eigenvalue weighted by Crippen LogP contribution is 2.17. The van der Waals surface area contributed by atoms with E-state index in [0.717, 1.165) is 15.9 Å². The number of imidazole rings is 1. The number of rotatable bonds is 3. The fraction of sp³-hybridized carbons (Fsp3) is 0.231. The zero-order chi connectivity index (χ0) is 12.4. The van der Waals surface area contributed by atoms with Gasteiger partial charge in [-0.05, 0) is 19.9 Å². The van der Waals surface area contributed by atoms with E-state index in [-0.39, 0.29) is 5.78 Å². The van der Waals surface area contributed by atoms with Crippen molar-refractivity contribution in [2.24, 2.45) is 0 Å². The fourth-order valence-electron chi connectivity index (χ4n) is 1.63. The van der Waals surface area contributed by atoms with Crippen LogP contribution in [0.5, 0.6) is 0 Å². The Kier molecular flexibility index (Phi) is 3.43. The van der Waals surface area contributed by atoms with Gasteiger partial charge in [-0.15, -0.1) is 0 Å². The first-order chi connectivity index (χ1) is 8.09. The molecule has 0 radical (unpaired) electrons. The Bertz CT molecular complexity index is 560. The molecule has 0 spiro atoms. The highest BCUT2D eigenvalue weighted by Gasteiger charge is 2.11. The molecule has 0 aliphatic carbocycles. The Morgan fingerprint density at radius 1 is 1.35 bits per heavy atom. The lowest BCUT2D eigenvalue weighted by Crippen LogP contribution is -2.11. The maximum atomic E-state index is 12.1. The van der Waals surface area contributed by atoms with E-state index in [1.54, 1.807) is 6.33 Å². The molecule has 4 heteroatoms. The van der Waals surface area contributed by atoms with Crippen molar-refractivity contribution in [1.82, 2.24) is 9.55 Å². The molecule has 3 nitrogen and oxygen atoms in total. The smallest absolute Gasteiger partial charge is 0.183 e. The van der Waals surface area contributed by atoms with Gasteiger partial charge < -0.3 is 4.57 Å². The minimum absolute atomic E-state index is 0.0815. The molecule has 88 valence electrons. The van der Waals surface area contributed by atoms with Crippen LogP contribution in [0.15, 0.2) is 35.1 Å². The molecule has 2 aromatic rings. The molecule has 2 rings (SSSR count). The number of aromatic nitrogens is 2. The molecule has 1 aromatic carbocycles. The van der Waals surface area contributed by atoms with Gasteiger partial charge in [0.1, 0.15) is 0 Å². The molecule has 1 heterocycles. The predicted molar refractivity (Wildman–Crippen MR) is 70.2 cm³/mol. The van der Waals surface area contributed by atoms with Gasteiger partial charge in [0, 0.05) is 15.7 Å². The predicted octanol–water partition coefficient (Wildman–Crippen LogP) is 3.15. The van der Waals surface area contributed by atoms with Crippen LogP contribution in [-0.4, -0.2) is 15.3 Å². The molecular weight excluding hydrogens is 280 g/mol. The van der Waals surface area contributed by atoms with Crippen LogP contribution in [0.1, 0.15) is 21.7 Å². The molecule has 0 bridgehead atoms. The zero-order valence-corrected chi connectivity index (χ0v) is 11.4. The third-order valence-electron chi connectivity index (χ3n) is 2.83. The molecule has 0 atom stereocenters. The molecule has 0 amide bonds. The van der Waals surface area contributed by atoms with Crippen molar-refractivity contribution in [3.63, 3.8) is 0 Å². The Labute approximate surface area is 109 Å². The summed E-state index contributed by atoms with van der Waals surface area (Å²) in [6, 6.07) is 7.46. The molecule has 0 N–H and O–H groups in total. The molecule has 1 aromatic heterocycles. The standard InChI is InChI=1S/C13H13BrN2O/c1-9-10(2)16(8-15-9)7-13(17)11-5-3-4-6-12(11)14/h3-6,8H,7H2,1-2H3. The van der Waals surface area contributed by atoms with E-state index in [4.69, 9.17) is 0 Å². The molecule has 17 heavy (non-hydrogen) atoms. The number of carbonyl (C=O) groups excluding carboxylic acids is 1. The number of nitrogens with zero attached hydrogens (tertiary/aromatic N) is 2. The zero-order valence-electron chi connectivity index (χ0n) is 9.77. The van der Waals surface area contributed by atoms with E-state index in [0.29, 0.717) is 12.1 Å². The van der Waals surface area contributed by atoms with Crippen molar-refractivity contribution in [3.05, 3.63) is 52.0 Å². The van der Waals surface area contributed by atoms with Gasteiger partial charge in [-0.2, -0.15) is 0 Å². The average molecular weight is 293 g/mol. The van der Waals surface area contributed by atoms with Gasteiger partial charge in [0.2, 0.25) is 0 Å². The summed E-state index contributed by atoms with van der Waals surface area (Å²) < 4.78 is 2.70. The van der Waals surface area contributed by atoms with Crippen LogP contribution in [0, 0.1) is 13.8 Å². The number of Topliss-reactive ketones (excluding diaryl/α,β-unsaturated/α-hetero) is 1. The molecular formula is C13H13BrN2O. The summed E-state index contributed by atoms with van der Waals surface area (Å²) >= 11 is 3.39. The second kappa shape index (κ2) is 4.84. The third-order valence-corrected chi connectivity index (χ3v) is 3.52. The Morgan fingerprint density at radius 3 is 2.65 bits per heavy atom. The monoisotopic (exact) mass is 292 g/mol. The SMILES string of the molecule is Cc1ncn(CC(=O)c2ccccc2Br)c1C. The van der Waals surface area contributed by atoms with Crippen molar-refractivity contribution in [2.45, 2.75) is 20.4 Å². The summed E-state index contributed by atoms with van der Waals surface area (Å²) in [6.07, 6.45) is 1.71. The average Bonchev–Trinajstić information content (AvgIpc) is 2.61. The summed E-state index contributed by atoms with van der Waals surface area (Å²) in [5.74, 6) is 0.0815. The van der Waals surface area contributed by atoms with Crippen LogP contribution in [-0.2, 0) is 6.54 Å². The fourth-order valence-corrected chi connectivity index (χ4v) is 2.14. The molecule has 0 aliphatic heterocycles. The minimum Gasteiger partial charge on any atom is -0.327 e. The Balaban J connectivity index is 2.23. The lowest BCUT2D eigenvalue weighted by Gasteiger charge is -2.06. The van der Waals surface area contributed by atoms with E-state index in [9.17, 15) is 4.79 Å². The number of benzene rings is 1. The van der Waals surface area contributed by atoms with E-state index in [1.165, 1.54) is 0 Å². The summed E-state index contributed by atoms with van der Waals surface area (Å²) in [7, 11) is 0. The van der Waals surface area contributed by atoms with Gasteiger partial charge in [0.05, 0.1) is 18.6 Å². The second-order valence-electron chi connectivity index (χ2n) is 3.95. The third kappa shape index (κ3) is 2.47. The van der Waals surface area contributed by atoms with Crippen LogP contribution in [0.4, 0.5) is 0 Å². The van der Waals surface area contributed by atoms with Crippen molar-refractivity contribution in [3.8, 4) is 0 Å². The van der Waals surface area contributed by atoms with E-state index in [1.807, 2.05) is 42.7 Å². The van der Waals surface area contributed by atoms with Crippen molar-refractivity contribution in [1.29, 1.82) is 0 Å². The molecule has 0 unspecified atom stereocenters. The molecule has 0 aliphatic rings.